The number of hydrogen-bond donors (Lipinski definition) is 1. The molecule has 0 atom stereocenters. The Morgan fingerprint density at radius 2 is 1.83 bits per heavy atom. The van der Waals surface area contributed by atoms with Crippen molar-refractivity contribution < 1.29 is 14.3 Å². The average Bonchev–Trinajstić information content (AvgIpc) is 2.52. The summed E-state index contributed by atoms with van der Waals surface area (Å²) in [5.74, 6) is 1.14. The van der Waals surface area contributed by atoms with Gasteiger partial charge >= 0.3 is 0 Å². The molecule has 1 N–H and O–H groups in total. The summed E-state index contributed by atoms with van der Waals surface area (Å²) in [5, 5.41) is 3.45. The highest BCUT2D eigenvalue weighted by atomic mass is 35.5. The van der Waals surface area contributed by atoms with Crippen molar-refractivity contribution >= 4 is 23.2 Å². The van der Waals surface area contributed by atoms with E-state index in [0.717, 1.165) is 5.56 Å². The van der Waals surface area contributed by atoms with Crippen LogP contribution in [0.4, 0.5) is 5.69 Å². The number of amides is 1. The lowest BCUT2D eigenvalue weighted by Crippen LogP contribution is -2.15. The molecule has 0 radical (unpaired) electrons. The van der Waals surface area contributed by atoms with E-state index in [2.05, 4.69) is 5.32 Å². The molecule has 5 heteroatoms. The Kier molecular flexibility index (Phi) is 6.29. The highest BCUT2D eigenvalue weighted by Crippen LogP contribution is 2.29. The van der Waals surface area contributed by atoms with E-state index in [1.54, 1.807) is 18.2 Å². The van der Waals surface area contributed by atoms with Gasteiger partial charge in [0.2, 0.25) is 5.91 Å². The number of hydrogen-bond acceptors (Lipinski definition) is 3. The number of benzene rings is 2. The minimum absolute atomic E-state index is 0.160. The number of carbonyl (C=O) groups excluding carboxylic acids is 1. The van der Waals surface area contributed by atoms with Gasteiger partial charge in [0.15, 0.2) is 0 Å². The van der Waals surface area contributed by atoms with Crippen molar-refractivity contribution in [1.29, 1.82) is 0 Å². The van der Waals surface area contributed by atoms with E-state index in [0.29, 0.717) is 35.4 Å². The predicted octanol–water partition coefficient (Wildman–Crippen LogP) is 4.32. The topological polar surface area (TPSA) is 47.6 Å². The van der Waals surface area contributed by atoms with Crippen molar-refractivity contribution in [3.05, 3.63) is 53.1 Å². The first kappa shape index (κ1) is 17.2. The molecule has 0 aliphatic rings. The van der Waals surface area contributed by atoms with E-state index in [1.165, 1.54) is 0 Å². The van der Waals surface area contributed by atoms with Gasteiger partial charge in [-0.1, -0.05) is 29.8 Å². The van der Waals surface area contributed by atoms with Gasteiger partial charge in [0, 0.05) is 11.1 Å². The van der Waals surface area contributed by atoms with Gasteiger partial charge in [-0.3, -0.25) is 4.79 Å². The van der Waals surface area contributed by atoms with Crippen LogP contribution in [0.2, 0.25) is 5.02 Å². The monoisotopic (exact) mass is 333 g/mol. The Hall–Kier alpha value is -2.20. The zero-order valence-corrected chi connectivity index (χ0v) is 14.0. The van der Waals surface area contributed by atoms with E-state index in [-0.39, 0.29) is 12.3 Å². The molecule has 2 aromatic rings. The minimum Gasteiger partial charge on any atom is -0.494 e. The Labute approximate surface area is 141 Å². The van der Waals surface area contributed by atoms with Gasteiger partial charge in [-0.2, -0.15) is 0 Å². The summed E-state index contributed by atoms with van der Waals surface area (Å²) in [6, 6.07) is 12.7. The predicted molar refractivity (Wildman–Crippen MR) is 92.6 cm³/mol. The maximum Gasteiger partial charge on any atom is 0.228 e. The molecule has 0 saturated carbocycles. The molecule has 0 saturated heterocycles. The van der Waals surface area contributed by atoms with Crippen LogP contribution in [-0.4, -0.2) is 19.1 Å². The molecular formula is C18H20ClNO3. The highest BCUT2D eigenvalue weighted by Gasteiger charge is 2.11. The molecule has 2 aromatic carbocycles. The number of rotatable bonds is 7. The van der Waals surface area contributed by atoms with Crippen LogP contribution < -0.4 is 14.8 Å². The second-order valence-corrected chi connectivity index (χ2v) is 5.25. The van der Waals surface area contributed by atoms with E-state index >= 15 is 0 Å². The zero-order valence-electron chi connectivity index (χ0n) is 13.3. The number of nitrogens with one attached hydrogen (secondary N) is 1. The molecule has 0 bridgehead atoms. The molecule has 0 fully saturated rings. The normalized spacial score (nSPS) is 10.2. The highest BCUT2D eigenvalue weighted by molar-refractivity contribution is 6.31. The first-order valence-electron chi connectivity index (χ1n) is 7.57. The first-order chi connectivity index (χ1) is 11.1. The van der Waals surface area contributed by atoms with Crippen molar-refractivity contribution in [1.82, 2.24) is 0 Å². The average molecular weight is 334 g/mol. The van der Waals surface area contributed by atoms with Crippen LogP contribution >= 0.6 is 11.6 Å². The number of anilines is 1. The fraction of sp³-hybridized carbons (Fsp3) is 0.278. The lowest BCUT2D eigenvalue weighted by molar-refractivity contribution is -0.115. The number of halogens is 1. The van der Waals surface area contributed by atoms with Crippen LogP contribution in [0.25, 0.3) is 0 Å². The summed E-state index contributed by atoms with van der Waals surface area (Å²) in [7, 11) is 0. The summed E-state index contributed by atoms with van der Waals surface area (Å²) in [4.78, 5) is 12.3. The lowest BCUT2D eigenvalue weighted by Gasteiger charge is -2.14. The second-order valence-electron chi connectivity index (χ2n) is 4.84. The molecule has 0 aliphatic carbocycles. The lowest BCUT2D eigenvalue weighted by atomic mass is 10.1. The Balaban J connectivity index is 2.15. The van der Waals surface area contributed by atoms with Gasteiger partial charge in [-0.05, 0) is 37.6 Å². The van der Waals surface area contributed by atoms with Gasteiger partial charge in [-0.15, -0.1) is 0 Å². The molecule has 0 unspecified atom stereocenters. The van der Waals surface area contributed by atoms with Crippen molar-refractivity contribution in [2.45, 2.75) is 20.3 Å². The third kappa shape index (κ3) is 4.89. The molecule has 0 aliphatic heterocycles. The Bertz CT molecular complexity index is 673. The van der Waals surface area contributed by atoms with E-state index in [4.69, 9.17) is 21.1 Å². The molecule has 0 spiro atoms. The maximum absolute atomic E-state index is 12.3. The van der Waals surface area contributed by atoms with Gasteiger partial charge < -0.3 is 14.8 Å². The molecule has 0 heterocycles. The fourth-order valence-electron chi connectivity index (χ4n) is 2.15. The van der Waals surface area contributed by atoms with Gasteiger partial charge in [0.05, 0.1) is 25.3 Å². The quantitative estimate of drug-likeness (QED) is 0.821. The Morgan fingerprint density at radius 3 is 2.52 bits per heavy atom. The van der Waals surface area contributed by atoms with E-state index < -0.39 is 0 Å². The molecule has 23 heavy (non-hydrogen) atoms. The summed E-state index contributed by atoms with van der Waals surface area (Å²) in [5.41, 5.74) is 1.38. The van der Waals surface area contributed by atoms with Crippen LogP contribution in [0.3, 0.4) is 0 Å². The third-order valence-corrected chi connectivity index (χ3v) is 3.51. The Morgan fingerprint density at radius 1 is 1.09 bits per heavy atom. The molecule has 0 aromatic heterocycles. The summed E-state index contributed by atoms with van der Waals surface area (Å²) < 4.78 is 11.0. The van der Waals surface area contributed by atoms with Crippen molar-refractivity contribution in [3.63, 3.8) is 0 Å². The third-order valence-electron chi connectivity index (χ3n) is 3.14. The van der Waals surface area contributed by atoms with Crippen molar-refractivity contribution in [2.24, 2.45) is 0 Å². The second kappa shape index (κ2) is 8.44. The van der Waals surface area contributed by atoms with Crippen LogP contribution in [0.15, 0.2) is 42.5 Å². The SMILES string of the molecule is CCOc1ccc(OCC)c(NC(=O)Cc2ccccc2Cl)c1. The van der Waals surface area contributed by atoms with Gasteiger partial charge in [0.25, 0.3) is 0 Å². The summed E-state index contributed by atoms with van der Waals surface area (Å²) in [6.07, 6.45) is 0.199. The molecule has 1 amide bonds. The van der Waals surface area contributed by atoms with E-state index in [1.807, 2.05) is 38.1 Å². The standard InChI is InChI=1S/C18H20ClNO3/c1-3-22-14-9-10-17(23-4-2)16(12-14)20-18(21)11-13-7-5-6-8-15(13)19/h5-10,12H,3-4,11H2,1-2H3,(H,20,21). The molecular weight excluding hydrogens is 314 g/mol. The number of ether oxygens (including phenoxy) is 2. The van der Waals surface area contributed by atoms with Gasteiger partial charge in [-0.25, -0.2) is 0 Å². The summed E-state index contributed by atoms with van der Waals surface area (Å²) in [6.45, 7) is 4.88. The van der Waals surface area contributed by atoms with Crippen molar-refractivity contribution in [3.8, 4) is 11.5 Å². The van der Waals surface area contributed by atoms with Crippen LogP contribution in [-0.2, 0) is 11.2 Å². The van der Waals surface area contributed by atoms with Crippen LogP contribution in [0.1, 0.15) is 19.4 Å². The maximum atomic E-state index is 12.3. The first-order valence-corrected chi connectivity index (χ1v) is 7.94. The molecule has 4 nitrogen and oxygen atoms in total. The van der Waals surface area contributed by atoms with Crippen molar-refractivity contribution in [2.75, 3.05) is 18.5 Å². The molecule has 122 valence electrons. The van der Waals surface area contributed by atoms with Crippen LogP contribution in [0, 0.1) is 0 Å². The number of carbonyl (C=O) groups is 1. The fourth-order valence-corrected chi connectivity index (χ4v) is 2.36. The van der Waals surface area contributed by atoms with E-state index in [9.17, 15) is 4.79 Å². The minimum atomic E-state index is -0.160. The van der Waals surface area contributed by atoms with Gasteiger partial charge in [0.1, 0.15) is 11.5 Å². The van der Waals surface area contributed by atoms with Crippen LogP contribution in [0.5, 0.6) is 11.5 Å². The summed E-state index contributed by atoms with van der Waals surface area (Å²) >= 11 is 6.09. The largest absolute Gasteiger partial charge is 0.494 e. The molecule has 2 rings (SSSR count). The smallest absolute Gasteiger partial charge is 0.228 e. The zero-order chi connectivity index (χ0) is 16.7.